The highest BCUT2D eigenvalue weighted by molar-refractivity contribution is 5.96. The van der Waals surface area contributed by atoms with Gasteiger partial charge in [0.1, 0.15) is 12.4 Å². The maximum atomic E-state index is 11.6. The molecule has 0 fully saturated rings. The zero-order valence-electron chi connectivity index (χ0n) is 11.7. The van der Waals surface area contributed by atoms with Gasteiger partial charge in [-0.2, -0.15) is 0 Å². The molecule has 0 unspecified atom stereocenters. The maximum Gasteiger partial charge on any atom is 0.163 e. The van der Waals surface area contributed by atoms with Crippen LogP contribution in [0.5, 0.6) is 5.75 Å². The van der Waals surface area contributed by atoms with E-state index in [1.165, 1.54) is 0 Å². The molecule has 3 nitrogen and oxygen atoms in total. The summed E-state index contributed by atoms with van der Waals surface area (Å²) < 4.78 is 5.83. The van der Waals surface area contributed by atoms with Crippen molar-refractivity contribution < 1.29 is 9.53 Å². The van der Waals surface area contributed by atoms with Crippen molar-refractivity contribution in [3.05, 3.63) is 71.9 Å². The Labute approximate surface area is 123 Å². The number of pyridine rings is 1. The Kier molecular flexibility index (Phi) is 3.65. The van der Waals surface area contributed by atoms with Crippen LogP contribution in [0.3, 0.4) is 0 Å². The van der Waals surface area contributed by atoms with Crippen LogP contribution < -0.4 is 4.74 Å². The summed E-state index contributed by atoms with van der Waals surface area (Å²) in [6.45, 7) is 1.93. The highest BCUT2D eigenvalue weighted by Crippen LogP contribution is 2.22. The van der Waals surface area contributed by atoms with E-state index in [-0.39, 0.29) is 5.78 Å². The van der Waals surface area contributed by atoms with Crippen LogP contribution in [0.15, 0.2) is 60.8 Å². The monoisotopic (exact) mass is 277 g/mol. The number of hydrogen-bond acceptors (Lipinski definition) is 3. The third-order valence-electron chi connectivity index (χ3n) is 3.37. The fourth-order valence-corrected chi connectivity index (χ4v) is 2.32. The standard InChI is InChI=1S/C18H15NO2/c1-13(20)16-9-2-3-10-17(16)21-12-15-7-4-6-14-8-5-11-19-18(14)15/h2-11H,12H2,1H3. The molecular formula is C18H15NO2. The van der Waals surface area contributed by atoms with Crippen molar-refractivity contribution in [3.8, 4) is 5.75 Å². The second-order valence-electron chi connectivity index (χ2n) is 4.83. The van der Waals surface area contributed by atoms with Gasteiger partial charge in [-0.1, -0.05) is 36.4 Å². The second-order valence-corrected chi connectivity index (χ2v) is 4.83. The van der Waals surface area contributed by atoms with Gasteiger partial charge in [0.25, 0.3) is 0 Å². The predicted molar refractivity (Wildman–Crippen MR) is 82.5 cm³/mol. The number of carbonyl (C=O) groups is 1. The zero-order valence-corrected chi connectivity index (χ0v) is 11.7. The van der Waals surface area contributed by atoms with E-state index in [4.69, 9.17) is 4.74 Å². The minimum absolute atomic E-state index is 0.00152. The number of aromatic nitrogens is 1. The normalized spacial score (nSPS) is 10.5. The average Bonchev–Trinajstić information content (AvgIpc) is 2.53. The molecule has 3 aromatic rings. The number of rotatable bonds is 4. The summed E-state index contributed by atoms with van der Waals surface area (Å²) in [6.07, 6.45) is 1.77. The summed E-state index contributed by atoms with van der Waals surface area (Å²) in [4.78, 5) is 16.0. The molecule has 1 aromatic heterocycles. The van der Waals surface area contributed by atoms with Crippen LogP contribution in [0.2, 0.25) is 0 Å². The summed E-state index contributed by atoms with van der Waals surface area (Å²) in [6, 6.07) is 17.2. The summed E-state index contributed by atoms with van der Waals surface area (Å²) in [5.41, 5.74) is 2.54. The van der Waals surface area contributed by atoms with Crippen LogP contribution in [0, 0.1) is 0 Å². The third-order valence-corrected chi connectivity index (χ3v) is 3.37. The molecule has 104 valence electrons. The maximum absolute atomic E-state index is 11.6. The van der Waals surface area contributed by atoms with Crippen LogP contribution in [-0.4, -0.2) is 10.8 Å². The topological polar surface area (TPSA) is 39.2 Å². The largest absolute Gasteiger partial charge is 0.488 e. The Hall–Kier alpha value is -2.68. The van der Waals surface area contributed by atoms with Crippen molar-refractivity contribution in [2.45, 2.75) is 13.5 Å². The molecule has 1 heterocycles. The minimum atomic E-state index is 0.00152. The SMILES string of the molecule is CC(=O)c1ccccc1OCc1cccc2cccnc12. The quantitative estimate of drug-likeness (QED) is 0.676. The van der Waals surface area contributed by atoms with E-state index in [1.54, 1.807) is 19.2 Å². The summed E-state index contributed by atoms with van der Waals surface area (Å²) in [5.74, 6) is 0.611. The number of benzene rings is 2. The van der Waals surface area contributed by atoms with E-state index in [0.717, 1.165) is 16.5 Å². The van der Waals surface area contributed by atoms with Crippen LogP contribution in [0.4, 0.5) is 0 Å². The van der Waals surface area contributed by atoms with Crippen molar-refractivity contribution in [1.29, 1.82) is 0 Å². The lowest BCUT2D eigenvalue weighted by Gasteiger charge is -2.11. The first-order valence-electron chi connectivity index (χ1n) is 6.81. The van der Waals surface area contributed by atoms with Crippen LogP contribution in [-0.2, 0) is 6.61 Å². The van der Waals surface area contributed by atoms with E-state index in [2.05, 4.69) is 4.98 Å². The van der Waals surface area contributed by atoms with Gasteiger partial charge in [-0.05, 0) is 25.1 Å². The Morgan fingerprint density at radius 3 is 2.71 bits per heavy atom. The molecule has 0 aliphatic carbocycles. The Balaban J connectivity index is 1.89. The van der Waals surface area contributed by atoms with Crippen molar-refractivity contribution in [2.24, 2.45) is 0 Å². The molecule has 2 aromatic carbocycles. The minimum Gasteiger partial charge on any atom is -0.488 e. The highest BCUT2D eigenvalue weighted by Gasteiger charge is 2.08. The molecule has 3 heteroatoms. The van der Waals surface area contributed by atoms with E-state index < -0.39 is 0 Å². The molecule has 0 amide bonds. The van der Waals surface area contributed by atoms with Gasteiger partial charge < -0.3 is 4.74 Å². The molecule has 0 radical (unpaired) electrons. The molecule has 0 N–H and O–H groups in total. The zero-order chi connectivity index (χ0) is 14.7. The number of para-hydroxylation sites is 2. The van der Waals surface area contributed by atoms with Crippen molar-refractivity contribution in [1.82, 2.24) is 4.98 Å². The van der Waals surface area contributed by atoms with Crippen LogP contribution in [0.1, 0.15) is 22.8 Å². The lowest BCUT2D eigenvalue weighted by atomic mass is 10.1. The number of carbonyl (C=O) groups excluding carboxylic acids is 1. The van der Waals surface area contributed by atoms with Crippen molar-refractivity contribution in [2.75, 3.05) is 0 Å². The second kappa shape index (κ2) is 5.75. The summed E-state index contributed by atoms with van der Waals surface area (Å²) >= 11 is 0. The highest BCUT2D eigenvalue weighted by atomic mass is 16.5. The van der Waals surface area contributed by atoms with Gasteiger partial charge in [0.15, 0.2) is 5.78 Å². The molecule has 0 atom stereocenters. The van der Waals surface area contributed by atoms with E-state index in [1.807, 2.05) is 48.5 Å². The summed E-state index contributed by atoms with van der Waals surface area (Å²) in [7, 11) is 0. The summed E-state index contributed by atoms with van der Waals surface area (Å²) in [5, 5.41) is 1.08. The molecule has 0 aliphatic rings. The smallest absolute Gasteiger partial charge is 0.163 e. The van der Waals surface area contributed by atoms with Gasteiger partial charge in [0.2, 0.25) is 0 Å². The average molecular weight is 277 g/mol. The molecule has 3 rings (SSSR count). The van der Waals surface area contributed by atoms with Crippen LogP contribution in [0.25, 0.3) is 10.9 Å². The molecule has 0 saturated carbocycles. The van der Waals surface area contributed by atoms with E-state index >= 15 is 0 Å². The Morgan fingerprint density at radius 1 is 1.05 bits per heavy atom. The molecule has 0 bridgehead atoms. The fraction of sp³-hybridized carbons (Fsp3) is 0.111. The van der Waals surface area contributed by atoms with Gasteiger partial charge >= 0.3 is 0 Å². The lowest BCUT2D eigenvalue weighted by molar-refractivity contribution is 0.101. The molecule has 0 aliphatic heterocycles. The number of nitrogens with zero attached hydrogens (tertiary/aromatic N) is 1. The molecule has 0 saturated heterocycles. The van der Waals surface area contributed by atoms with Crippen LogP contribution >= 0.6 is 0 Å². The number of Topliss-reactive ketones (excluding diaryl/α,β-unsaturated/α-hetero) is 1. The van der Waals surface area contributed by atoms with Gasteiger partial charge in [0, 0.05) is 17.1 Å². The number of ether oxygens (including phenoxy) is 1. The Morgan fingerprint density at radius 2 is 1.86 bits per heavy atom. The van der Waals surface area contributed by atoms with E-state index in [0.29, 0.717) is 17.9 Å². The Bertz CT molecular complexity index is 791. The fourth-order valence-electron chi connectivity index (χ4n) is 2.32. The van der Waals surface area contributed by atoms with Crippen molar-refractivity contribution in [3.63, 3.8) is 0 Å². The van der Waals surface area contributed by atoms with E-state index in [9.17, 15) is 4.79 Å². The van der Waals surface area contributed by atoms with Gasteiger partial charge in [-0.15, -0.1) is 0 Å². The molecule has 0 spiro atoms. The first-order chi connectivity index (χ1) is 10.3. The third kappa shape index (κ3) is 2.77. The molecular weight excluding hydrogens is 262 g/mol. The van der Waals surface area contributed by atoms with Gasteiger partial charge in [-0.3, -0.25) is 9.78 Å². The van der Waals surface area contributed by atoms with Crippen molar-refractivity contribution >= 4 is 16.7 Å². The lowest BCUT2D eigenvalue weighted by Crippen LogP contribution is -2.02. The number of fused-ring (bicyclic) bond motifs is 1. The molecule has 21 heavy (non-hydrogen) atoms. The van der Waals surface area contributed by atoms with Gasteiger partial charge in [0.05, 0.1) is 11.1 Å². The first kappa shape index (κ1) is 13.3. The van der Waals surface area contributed by atoms with Gasteiger partial charge in [-0.25, -0.2) is 0 Å². The first-order valence-corrected chi connectivity index (χ1v) is 6.81. The predicted octanol–water partition coefficient (Wildman–Crippen LogP) is 4.02. The number of ketones is 1. The number of hydrogen-bond donors (Lipinski definition) is 0.